The second kappa shape index (κ2) is 8.88. The molecule has 33 heavy (non-hydrogen) atoms. The lowest BCUT2D eigenvalue weighted by atomic mass is 9.77. The van der Waals surface area contributed by atoms with E-state index in [1.54, 1.807) is 12.4 Å². The molecule has 2 N–H and O–H groups in total. The number of aliphatic hydroxyl groups is 1. The van der Waals surface area contributed by atoms with Crippen molar-refractivity contribution in [1.82, 2.24) is 19.9 Å². The van der Waals surface area contributed by atoms with Crippen LogP contribution in [0, 0.1) is 12.3 Å². The Morgan fingerprint density at radius 3 is 2.58 bits per heavy atom. The van der Waals surface area contributed by atoms with E-state index in [0.29, 0.717) is 34.5 Å². The molecule has 5 rings (SSSR count). The van der Waals surface area contributed by atoms with Crippen molar-refractivity contribution in [2.45, 2.75) is 48.5 Å². The van der Waals surface area contributed by atoms with Crippen LogP contribution in [0.3, 0.4) is 0 Å². The first-order valence-electron chi connectivity index (χ1n) is 11.5. The Morgan fingerprint density at radius 1 is 1.24 bits per heavy atom. The van der Waals surface area contributed by atoms with Gasteiger partial charge >= 0.3 is 0 Å². The highest BCUT2D eigenvalue weighted by Crippen LogP contribution is 2.40. The number of fused-ring (bicyclic) bond motifs is 1. The van der Waals surface area contributed by atoms with E-state index >= 15 is 0 Å². The zero-order valence-corrected chi connectivity index (χ0v) is 19.6. The zero-order chi connectivity index (χ0) is 23.0. The van der Waals surface area contributed by atoms with Gasteiger partial charge in [-0.1, -0.05) is 5.92 Å². The Morgan fingerprint density at radius 2 is 1.97 bits per heavy atom. The maximum absolute atomic E-state index is 12.9. The molecular weight excluding hydrogens is 438 g/mol. The number of rotatable bonds is 5. The number of nitrogens with zero attached hydrogens (tertiary/aromatic N) is 6. The van der Waals surface area contributed by atoms with E-state index in [2.05, 4.69) is 26.1 Å². The second-order valence-electron chi connectivity index (χ2n) is 9.15. The van der Waals surface area contributed by atoms with Crippen molar-refractivity contribution in [3.8, 4) is 12.3 Å². The van der Waals surface area contributed by atoms with Gasteiger partial charge in [-0.15, -0.1) is 6.42 Å². The van der Waals surface area contributed by atoms with Gasteiger partial charge in [-0.3, -0.25) is 4.21 Å². The van der Waals surface area contributed by atoms with Gasteiger partial charge in [-0.2, -0.15) is 9.97 Å². The largest absolute Gasteiger partial charge is 0.394 e. The number of aliphatic hydroxyl groups excluding tert-OH is 1. The van der Waals surface area contributed by atoms with Gasteiger partial charge in [-0.05, 0) is 32.1 Å². The molecule has 1 aliphatic carbocycles. The lowest BCUT2D eigenvalue weighted by Gasteiger charge is -2.42. The summed E-state index contributed by atoms with van der Waals surface area (Å²) in [5.74, 6) is 6.16. The summed E-state index contributed by atoms with van der Waals surface area (Å²) in [6.45, 7) is 2.28. The number of anilines is 3. The number of piperidine rings is 1. The highest BCUT2D eigenvalue weighted by atomic mass is 32.2. The first-order chi connectivity index (χ1) is 16.0. The molecule has 1 saturated carbocycles. The van der Waals surface area contributed by atoms with Crippen molar-refractivity contribution in [3.05, 3.63) is 23.8 Å². The fourth-order valence-corrected chi connectivity index (χ4v) is 6.05. The molecule has 0 radical (unpaired) electrons. The van der Waals surface area contributed by atoms with Crippen LogP contribution in [0.2, 0.25) is 0 Å². The third kappa shape index (κ3) is 4.15. The third-order valence-electron chi connectivity index (χ3n) is 7.02. The van der Waals surface area contributed by atoms with E-state index in [0.717, 1.165) is 56.8 Å². The molecule has 0 unspecified atom stereocenters. The smallest absolute Gasteiger partial charge is 0.229 e. The van der Waals surface area contributed by atoms with E-state index in [1.165, 1.54) is 0 Å². The van der Waals surface area contributed by atoms with E-state index < -0.39 is 10.8 Å². The molecule has 0 aromatic carbocycles. The summed E-state index contributed by atoms with van der Waals surface area (Å²) in [7, 11) is 0.808. The van der Waals surface area contributed by atoms with Crippen LogP contribution >= 0.6 is 0 Å². The molecule has 2 aliphatic heterocycles. The zero-order valence-electron chi connectivity index (χ0n) is 18.8. The number of hydrogen-bond acceptors (Lipinski definition) is 9. The normalized spacial score (nSPS) is 22.3. The fourth-order valence-electron chi connectivity index (χ4n) is 4.69. The summed E-state index contributed by atoms with van der Waals surface area (Å²) in [6, 6.07) is 0. The summed E-state index contributed by atoms with van der Waals surface area (Å²) in [4.78, 5) is 23.5. The van der Waals surface area contributed by atoms with E-state index in [1.807, 2.05) is 11.9 Å². The van der Waals surface area contributed by atoms with Crippen molar-refractivity contribution >= 4 is 28.4 Å². The van der Waals surface area contributed by atoms with Crippen LogP contribution in [0.15, 0.2) is 17.3 Å². The van der Waals surface area contributed by atoms with Crippen LogP contribution in [-0.4, -0.2) is 73.8 Å². The Labute approximate surface area is 196 Å². The Balaban J connectivity index is 1.40. The number of nitrogens with one attached hydrogen (secondary N) is 1. The summed E-state index contributed by atoms with van der Waals surface area (Å²) < 4.78 is 12.9. The molecule has 2 fully saturated rings. The Kier molecular flexibility index (Phi) is 5.93. The van der Waals surface area contributed by atoms with E-state index in [4.69, 9.17) is 16.4 Å². The molecule has 0 amide bonds. The lowest BCUT2D eigenvalue weighted by molar-refractivity contribution is 0.143. The molecule has 0 spiro atoms. The molecule has 3 aliphatic rings. The average molecular weight is 468 g/mol. The van der Waals surface area contributed by atoms with Gasteiger partial charge in [0.05, 0.1) is 28.5 Å². The number of aromatic nitrogens is 4. The lowest BCUT2D eigenvalue weighted by Crippen LogP contribution is -2.49. The molecule has 0 bridgehead atoms. The summed E-state index contributed by atoms with van der Waals surface area (Å²) in [5, 5.41) is 13.4. The predicted molar refractivity (Wildman–Crippen MR) is 128 cm³/mol. The first-order valence-corrected chi connectivity index (χ1v) is 12.8. The van der Waals surface area contributed by atoms with Gasteiger partial charge in [0, 0.05) is 50.7 Å². The average Bonchev–Trinajstić information content (AvgIpc) is 2.83. The fraction of sp³-hybridized carbons (Fsp3) is 0.565. The third-order valence-corrected chi connectivity index (χ3v) is 8.40. The van der Waals surface area contributed by atoms with Gasteiger partial charge in [0.2, 0.25) is 5.95 Å². The van der Waals surface area contributed by atoms with E-state index in [9.17, 15) is 9.32 Å². The standard InChI is InChI=1S/C23H29N7O2S/c1-3-16-13-24-19(25-14-16)17-5-9-30(10-6-17)22-26-20(28-23(15-31)7-4-8-23)18-21(27-22)29(2)11-12-33(18)32/h1,13-14,17,31H,4-12,15H2,2H3,(H,26,27,28)/t33-/m1/s1. The molecule has 2 aromatic rings. The van der Waals surface area contributed by atoms with Crippen LogP contribution in [0.5, 0.6) is 0 Å². The maximum Gasteiger partial charge on any atom is 0.229 e. The monoisotopic (exact) mass is 467 g/mol. The molecular formula is C23H29N7O2S. The van der Waals surface area contributed by atoms with Crippen molar-refractivity contribution in [2.75, 3.05) is 54.2 Å². The summed E-state index contributed by atoms with van der Waals surface area (Å²) in [5.41, 5.74) is 0.307. The SMILES string of the molecule is C#Cc1cnc(C2CCN(c3nc(NC4(CO)CCC4)c4c(n3)N(C)CC[S@]4=O)CC2)nc1. The minimum absolute atomic E-state index is 0.0352. The van der Waals surface area contributed by atoms with Crippen molar-refractivity contribution in [3.63, 3.8) is 0 Å². The summed E-state index contributed by atoms with van der Waals surface area (Å²) in [6.07, 6.45) is 13.4. The number of terminal acetylenes is 1. The van der Waals surface area contributed by atoms with Gasteiger partial charge in [0.25, 0.3) is 0 Å². The van der Waals surface area contributed by atoms with Crippen LogP contribution in [0.25, 0.3) is 0 Å². The minimum Gasteiger partial charge on any atom is -0.394 e. The minimum atomic E-state index is -1.17. The molecule has 1 saturated heterocycles. The second-order valence-corrected chi connectivity index (χ2v) is 10.7. The van der Waals surface area contributed by atoms with Gasteiger partial charge in [0.15, 0.2) is 11.6 Å². The van der Waals surface area contributed by atoms with E-state index in [-0.39, 0.29) is 18.1 Å². The van der Waals surface area contributed by atoms with Crippen LogP contribution < -0.4 is 15.1 Å². The van der Waals surface area contributed by atoms with Crippen molar-refractivity contribution < 1.29 is 9.32 Å². The summed E-state index contributed by atoms with van der Waals surface area (Å²) >= 11 is 0. The predicted octanol–water partition coefficient (Wildman–Crippen LogP) is 1.52. The van der Waals surface area contributed by atoms with Gasteiger partial charge in [-0.25, -0.2) is 9.97 Å². The van der Waals surface area contributed by atoms with Crippen LogP contribution in [-0.2, 0) is 10.8 Å². The molecule has 1 atom stereocenters. The van der Waals surface area contributed by atoms with Crippen LogP contribution in [0.4, 0.5) is 17.6 Å². The van der Waals surface area contributed by atoms with Crippen molar-refractivity contribution in [2.24, 2.45) is 0 Å². The maximum atomic E-state index is 12.9. The molecule has 4 heterocycles. The molecule has 9 nitrogen and oxygen atoms in total. The van der Waals surface area contributed by atoms with Gasteiger partial charge in [0.1, 0.15) is 10.7 Å². The molecule has 174 valence electrons. The Hall–Kier alpha value is -2.77. The Bertz CT molecular complexity index is 1080. The highest BCUT2D eigenvalue weighted by molar-refractivity contribution is 7.85. The first kappa shape index (κ1) is 22.0. The van der Waals surface area contributed by atoms with Crippen molar-refractivity contribution in [1.29, 1.82) is 0 Å². The quantitative estimate of drug-likeness (QED) is 0.633. The van der Waals surface area contributed by atoms with Gasteiger partial charge < -0.3 is 20.2 Å². The molecule has 2 aromatic heterocycles. The molecule has 10 heteroatoms. The topological polar surface area (TPSA) is 107 Å². The van der Waals surface area contributed by atoms with Crippen LogP contribution in [0.1, 0.15) is 49.4 Å². The number of hydrogen-bond donors (Lipinski definition) is 2. The highest BCUT2D eigenvalue weighted by Gasteiger charge is 2.39.